The molecule has 1 saturated heterocycles. The molecule has 0 bridgehead atoms. The molecule has 1 aliphatic heterocycles. The second kappa shape index (κ2) is 8.52. The number of amides is 1. The molecule has 1 aromatic carbocycles. The van der Waals surface area contributed by atoms with Crippen molar-refractivity contribution in [2.24, 2.45) is 0 Å². The molecule has 0 spiro atoms. The molecule has 3 rings (SSSR count). The number of piperidine rings is 1. The fraction of sp³-hybridized carbons (Fsp3) is 0.333. The normalized spacial score (nSPS) is 15.9. The number of carbonyl (C=O) groups is 1. The molecule has 162 valence electrons. The number of hydrogen-bond donors (Lipinski definition) is 2. The van der Waals surface area contributed by atoms with Gasteiger partial charge in [-0.15, -0.1) is 0 Å². The lowest BCUT2D eigenvalue weighted by Crippen LogP contribution is -2.46. The van der Waals surface area contributed by atoms with Crippen LogP contribution >= 0.6 is 15.9 Å². The number of hydrogen-bond acceptors (Lipinski definition) is 5. The van der Waals surface area contributed by atoms with Crippen LogP contribution in [-0.2, 0) is 16.2 Å². The molecule has 0 aliphatic carbocycles. The molecule has 0 atom stereocenters. The molecular formula is C18H18BrF3N4O3S. The van der Waals surface area contributed by atoms with Gasteiger partial charge in [-0.3, -0.25) is 4.79 Å². The fourth-order valence-electron chi connectivity index (χ4n) is 3.16. The average Bonchev–Trinajstić information content (AvgIpc) is 2.67. The Bertz CT molecular complexity index is 1040. The number of alkyl halides is 3. The van der Waals surface area contributed by atoms with Crippen LogP contribution in [0.5, 0.6) is 0 Å². The van der Waals surface area contributed by atoms with Gasteiger partial charge >= 0.3 is 6.18 Å². The Hall–Kier alpha value is -2.18. The van der Waals surface area contributed by atoms with Crippen molar-refractivity contribution in [3.8, 4) is 0 Å². The largest absolute Gasteiger partial charge is 0.417 e. The van der Waals surface area contributed by atoms with E-state index in [0.29, 0.717) is 5.56 Å². The van der Waals surface area contributed by atoms with Gasteiger partial charge in [0.05, 0.1) is 16.0 Å². The van der Waals surface area contributed by atoms with Gasteiger partial charge in [-0.2, -0.15) is 13.2 Å². The zero-order chi connectivity index (χ0) is 22.1. The molecular weight excluding hydrogens is 489 g/mol. The quantitative estimate of drug-likeness (QED) is 0.662. The summed E-state index contributed by atoms with van der Waals surface area (Å²) in [5.74, 6) is 0.0157. The van der Waals surface area contributed by atoms with E-state index in [9.17, 15) is 26.4 Å². The SMILES string of the molecule is Nc1ccc(C(=O)N2CCC(NS(=O)(=O)c3ccc(Br)cc3C(F)(F)F)CC2)cn1. The van der Waals surface area contributed by atoms with Crippen molar-refractivity contribution in [3.63, 3.8) is 0 Å². The van der Waals surface area contributed by atoms with Crippen molar-refractivity contribution in [3.05, 3.63) is 52.1 Å². The monoisotopic (exact) mass is 506 g/mol. The lowest BCUT2D eigenvalue weighted by atomic mass is 10.1. The Morgan fingerprint density at radius 3 is 2.43 bits per heavy atom. The second-order valence-electron chi connectivity index (χ2n) is 6.80. The summed E-state index contributed by atoms with van der Waals surface area (Å²) in [6, 6.07) is 5.36. The summed E-state index contributed by atoms with van der Waals surface area (Å²) in [4.78, 5) is 17.1. The molecule has 1 aliphatic rings. The molecule has 0 unspecified atom stereocenters. The van der Waals surface area contributed by atoms with Crippen LogP contribution in [0.15, 0.2) is 45.9 Å². The van der Waals surface area contributed by atoms with E-state index in [1.54, 1.807) is 11.0 Å². The van der Waals surface area contributed by atoms with Crippen molar-refractivity contribution >= 4 is 37.7 Å². The average molecular weight is 507 g/mol. The van der Waals surface area contributed by atoms with Gasteiger partial charge in [-0.05, 0) is 43.2 Å². The number of sulfonamides is 1. The van der Waals surface area contributed by atoms with E-state index < -0.39 is 32.7 Å². The minimum atomic E-state index is -4.82. The van der Waals surface area contributed by atoms with Crippen LogP contribution in [0.25, 0.3) is 0 Å². The third-order valence-electron chi connectivity index (χ3n) is 4.67. The van der Waals surface area contributed by atoms with E-state index in [-0.39, 0.29) is 42.1 Å². The lowest BCUT2D eigenvalue weighted by molar-refractivity contribution is -0.139. The number of halogens is 4. The molecule has 1 amide bonds. The maximum absolute atomic E-state index is 13.3. The van der Waals surface area contributed by atoms with Crippen LogP contribution in [0.1, 0.15) is 28.8 Å². The zero-order valence-electron chi connectivity index (χ0n) is 15.5. The van der Waals surface area contributed by atoms with E-state index in [2.05, 4.69) is 25.6 Å². The van der Waals surface area contributed by atoms with Crippen LogP contribution in [0, 0.1) is 0 Å². The molecule has 2 aromatic rings. The molecule has 12 heteroatoms. The van der Waals surface area contributed by atoms with Crippen molar-refractivity contribution in [1.82, 2.24) is 14.6 Å². The number of pyridine rings is 1. The summed E-state index contributed by atoms with van der Waals surface area (Å²) in [7, 11) is -4.40. The minimum Gasteiger partial charge on any atom is -0.384 e. The smallest absolute Gasteiger partial charge is 0.384 e. The molecule has 30 heavy (non-hydrogen) atoms. The second-order valence-corrected chi connectivity index (χ2v) is 9.40. The lowest BCUT2D eigenvalue weighted by Gasteiger charge is -2.32. The topological polar surface area (TPSA) is 105 Å². The highest BCUT2D eigenvalue weighted by Crippen LogP contribution is 2.36. The summed E-state index contributed by atoms with van der Waals surface area (Å²) in [5, 5.41) is 0. The summed E-state index contributed by atoms with van der Waals surface area (Å²) in [6.07, 6.45) is -2.92. The van der Waals surface area contributed by atoms with Crippen LogP contribution in [0.2, 0.25) is 0 Å². The van der Waals surface area contributed by atoms with Gasteiger partial charge in [-0.1, -0.05) is 15.9 Å². The number of likely N-dealkylation sites (tertiary alicyclic amines) is 1. The first kappa shape index (κ1) is 22.5. The highest BCUT2D eigenvalue weighted by molar-refractivity contribution is 9.10. The number of nitrogens with one attached hydrogen (secondary N) is 1. The van der Waals surface area contributed by atoms with Gasteiger partial charge in [0.2, 0.25) is 10.0 Å². The fourth-order valence-corrected chi connectivity index (χ4v) is 5.03. The Morgan fingerprint density at radius 2 is 1.87 bits per heavy atom. The maximum Gasteiger partial charge on any atom is 0.417 e. The number of nitrogens with zero attached hydrogens (tertiary/aromatic N) is 2. The van der Waals surface area contributed by atoms with E-state index in [1.807, 2.05) is 0 Å². The Labute approximate surface area is 179 Å². The third kappa shape index (κ3) is 5.10. The van der Waals surface area contributed by atoms with Gasteiger partial charge in [-0.25, -0.2) is 18.1 Å². The standard InChI is InChI=1S/C18H18BrF3N4O3S/c19-12-2-3-15(14(9-12)18(20,21)22)30(28,29)25-13-5-7-26(8-6-13)17(27)11-1-4-16(23)24-10-11/h1-4,9-10,13,25H,5-8H2,(H2,23,24). The van der Waals surface area contributed by atoms with Crippen molar-refractivity contribution in [2.75, 3.05) is 18.8 Å². The Morgan fingerprint density at radius 1 is 1.20 bits per heavy atom. The number of nitrogens with two attached hydrogens (primary N) is 1. The summed E-state index contributed by atoms with van der Waals surface area (Å²) in [6.45, 7) is 0.506. The first-order valence-electron chi connectivity index (χ1n) is 8.87. The molecule has 7 nitrogen and oxygen atoms in total. The van der Waals surface area contributed by atoms with E-state index in [4.69, 9.17) is 5.73 Å². The molecule has 0 radical (unpaired) electrons. The van der Waals surface area contributed by atoms with E-state index in [0.717, 1.165) is 12.1 Å². The van der Waals surface area contributed by atoms with Gasteiger partial charge in [0.1, 0.15) is 5.82 Å². The van der Waals surface area contributed by atoms with Gasteiger partial charge in [0.25, 0.3) is 5.91 Å². The van der Waals surface area contributed by atoms with Crippen LogP contribution in [-0.4, -0.2) is 43.3 Å². The van der Waals surface area contributed by atoms with Crippen LogP contribution in [0.4, 0.5) is 19.0 Å². The zero-order valence-corrected chi connectivity index (χ0v) is 17.9. The van der Waals surface area contributed by atoms with Crippen molar-refractivity contribution in [2.45, 2.75) is 30.0 Å². The van der Waals surface area contributed by atoms with Gasteiger partial charge in [0.15, 0.2) is 0 Å². The number of anilines is 1. The number of rotatable bonds is 4. The van der Waals surface area contributed by atoms with Gasteiger partial charge in [0, 0.05) is 29.8 Å². The van der Waals surface area contributed by atoms with Crippen LogP contribution in [0.3, 0.4) is 0 Å². The van der Waals surface area contributed by atoms with Crippen molar-refractivity contribution < 1.29 is 26.4 Å². The summed E-state index contributed by atoms with van der Waals surface area (Å²) in [5.41, 5.74) is 4.61. The third-order valence-corrected chi connectivity index (χ3v) is 6.75. The number of carbonyl (C=O) groups excluding carboxylic acids is 1. The molecule has 0 saturated carbocycles. The highest BCUT2D eigenvalue weighted by atomic mass is 79.9. The van der Waals surface area contributed by atoms with E-state index >= 15 is 0 Å². The highest BCUT2D eigenvalue weighted by Gasteiger charge is 2.38. The van der Waals surface area contributed by atoms with Gasteiger partial charge < -0.3 is 10.6 Å². The van der Waals surface area contributed by atoms with E-state index in [1.165, 1.54) is 18.3 Å². The van der Waals surface area contributed by atoms with Crippen LogP contribution < -0.4 is 10.5 Å². The maximum atomic E-state index is 13.3. The predicted octanol–water partition coefficient (Wildman–Crippen LogP) is 3.03. The molecule has 2 heterocycles. The predicted molar refractivity (Wildman–Crippen MR) is 107 cm³/mol. The minimum absolute atomic E-state index is 0.123. The Kier molecular flexibility index (Phi) is 6.39. The molecule has 1 fully saturated rings. The first-order chi connectivity index (χ1) is 14.0. The summed E-state index contributed by atoms with van der Waals surface area (Å²) < 4.78 is 67.6. The summed E-state index contributed by atoms with van der Waals surface area (Å²) >= 11 is 2.93. The number of aromatic nitrogens is 1. The Balaban J connectivity index is 1.69. The number of benzene rings is 1. The van der Waals surface area contributed by atoms with Crippen molar-refractivity contribution in [1.29, 1.82) is 0 Å². The molecule has 1 aromatic heterocycles. The number of nitrogen functional groups attached to an aromatic ring is 1. The first-order valence-corrected chi connectivity index (χ1v) is 11.1. The molecule has 3 N–H and O–H groups in total.